The Balaban J connectivity index is 2.19. The standard InChI is InChI=1S/C21H15NO5/c1-27-19-11-14(20(23)24)18(10-15(19)21(25)26)22-16-8-4-2-6-12(16)13-7-3-5-9-17(13)22/h2-11H,1H3,(H,23,24)(H,25,26). The molecule has 0 radical (unpaired) electrons. The van der Waals surface area contributed by atoms with E-state index in [2.05, 4.69) is 0 Å². The topological polar surface area (TPSA) is 88.8 Å². The molecule has 0 aliphatic carbocycles. The Bertz CT molecular complexity index is 1170. The smallest absolute Gasteiger partial charge is 0.339 e. The zero-order chi connectivity index (χ0) is 19.1. The molecule has 0 bridgehead atoms. The van der Waals surface area contributed by atoms with Crippen molar-refractivity contribution in [3.63, 3.8) is 0 Å². The molecule has 3 aromatic carbocycles. The Morgan fingerprint density at radius 2 is 1.33 bits per heavy atom. The summed E-state index contributed by atoms with van der Waals surface area (Å²) in [6, 6.07) is 17.8. The molecule has 27 heavy (non-hydrogen) atoms. The molecule has 0 amide bonds. The van der Waals surface area contributed by atoms with Crippen LogP contribution in [0.1, 0.15) is 20.7 Å². The average molecular weight is 361 g/mol. The van der Waals surface area contributed by atoms with Crippen LogP contribution in [0.15, 0.2) is 60.7 Å². The predicted molar refractivity (Wildman–Crippen MR) is 101 cm³/mol. The number of benzene rings is 3. The van der Waals surface area contributed by atoms with E-state index in [9.17, 15) is 19.8 Å². The van der Waals surface area contributed by atoms with Crippen LogP contribution in [0.5, 0.6) is 5.75 Å². The molecule has 1 aromatic heterocycles. The van der Waals surface area contributed by atoms with Gasteiger partial charge in [-0.15, -0.1) is 0 Å². The highest BCUT2D eigenvalue weighted by Gasteiger charge is 2.22. The summed E-state index contributed by atoms with van der Waals surface area (Å²) >= 11 is 0. The summed E-state index contributed by atoms with van der Waals surface area (Å²) in [5.41, 5.74) is 1.73. The van der Waals surface area contributed by atoms with Gasteiger partial charge in [-0.25, -0.2) is 9.59 Å². The van der Waals surface area contributed by atoms with Crippen LogP contribution in [0.2, 0.25) is 0 Å². The van der Waals surface area contributed by atoms with Crippen LogP contribution in [-0.2, 0) is 0 Å². The minimum absolute atomic E-state index is 0.00409. The monoisotopic (exact) mass is 361 g/mol. The van der Waals surface area contributed by atoms with E-state index >= 15 is 0 Å². The number of carbonyl (C=O) groups is 2. The van der Waals surface area contributed by atoms with Crippen molar-refractivity contribution in [2.24, 2.45) is 0 Å². The van der Waals surface area contributed by atoms with Crippen LogP contribution >= 0.6 is 0 Å². The number of fused-ring (bicyclic) bond motifs is 3. The molecule has 0 spiro atoms. The summed E-state index contributed by atoms with van der Waals surface area (Å²) in [4.78, 5) is 23.6. The third-order valence-electron chi connectivity index (χ3n) is 4.60. The summed E-state index contributed by atoms with van der Waals surface area (Å²) in [5, 5.41) is 21.2. The maximum atomic E-state index is 11.9. The fourth-order valence-corrected chi connectivity index (χ4v) is 3.44. The number of carboxylic acid groups (broad SMARTS) is 2. The van der Waals surface area contributed by atoms with E-state index in [1.54, 1.807) is 4.57 Å². The van der Waals surface area contributed by atoms with Crippen LogP contribution in [0.3, 0.4) is 0 Å². The van der Waals surface area contributed by atoms with E-state index in [0.717, 1.165) is 21.8 Å². The molecule has 4 rings (SSSR count). The quantitative estimate of drug-likeness (QED) is 0.569. The molecular formula is C21H15NO5. The van der Waals surface area contributed by atoms with Crippen LogP contribution in [-0.4, -0.2) is 33.8 Å². The Morgan fingerprint density at radius 1 is 0.815 bits per heavy atom. The zero-order valence-electron chi connectivity index (χ0n) is 14.3. The van der Waals surface area contributed by atoms with Gasteiger partial charge >= 0.3 is 11.9 Å². The van der Waals surface area contributed by atoms with E-state index in [-0.39, 0.29) is 22.6 Å². The Labute approximate surface area is 153 Å². The van der Waals surface area contributed by atoms with Gasteiger partial charge in [-0.05, 0) is 24.3 Å². The molecule has 1 heterocycles. The first kappa shape index (κ1) is 16.7. The molecule has 4 aromatic rings. The second-order valence-electron chi connectivity index (χ2n) is 6.05. The first-order valence-corrected chi connectivity index (χ1v) is 8.20. The molecule has 0 aliphatic rings. The number of aromatic carboxylic acids is 2. The fraction of sp³-hybridized carbons (Fsp3) is 0.0476. The Hall–Kier alpha value is -3.80. The van der Waals surface area contributed by atoms with Crippen molar-refractivity contribution in [1.29, 1.82) is 0 Å². The van der Waals surface area contributed by atoms with Gasteiger partial charge in [0.15, 0.2) is 0 Å². The van der Waals surface area contributed by atoms with Crippen molar-refractivity contribution in [2.45, 2.75) is 0 Å². The molecule has 0 unspecified atom stereocenters. The Morgan fingerprint density at radius 3 is 1.81 bits per heavy atom. The minimum Gasteiger partial charge on any atom is -0.496 e. The van der Waals surface area contributed by atoms with Crippen LogP contribution in [0.4, 0.5) is 0 Å². The summed E-state index contributed by atoms with van der Waals surface area (Å²) in [6.07, 6.45) is 0. The van der Waals surface area contributed by atoms with Gasteiger partial charge < -0.3 is 19.5 Å². The third kappa shape index (κ3) is 2.50. The number of nitrogens with zero attached hydrogens (tertiary/aromatic N) is 1. The van der Waals surface area contributed by atoms with Crippen molar-refractivity contribution in [2.75, 3.05) is 7.11 Å². The third-order valence-corrected chi connectivity index (χ3v) is 4.60. The van der Waals surface area contributed by atoms with Gasteiger partial charge in [-0.1, -0.05) is 36.4 Å². The van der Waals surface area contributed by atoms with E-state index in [1.165, 1.54) is 19.2 Å². The van der Waals surface area contributed by atoms with Crippen LogP contribution < -0.4 is 4.74 Å². The number of aromatic nitrogens is 1. The number of para-hydroxylation sites is 2. The SMILES string of the molecule is COc1cc(C(=O)O)c(-n2c3ccccc3c3ccccc32)cc1C(=O)O. The van der Waals surface area contributed by atoms with E-state index in [0.29, 0.717) is 0 Å². The molecule has 134 valence electrons. The van der Waals surface area contributed by atoms with E-state index in [1.807, 2.05) is 48.5 Å². The summed E-state index contributed by atoms with van der Waals surface area (Å²) < 4.78 is 6.87. The molecule has 0 atom stereocenters. The number of carboxylic acids is 2. The van der Waals surface area contributed by atoms with Crippen molar-refractivity contribution < 1.29 is 24.5 Å². The highest BCUT2D eigenvalue weighted by Crippen LogP contribution is 2.35. The lowest BCUT2D eigenvalue weighted by Gasteiger charge is -2.14. The lowest BCUT2D eigenvalue weighted by Crippen LogP contribution is -2.10. The summed E-state index contributed by atoms with van der Waals surface area (Å²) in [5.74, 6) is -2.35. The van der Waals surface area contributed by atoms with Gasteiger partial charge in [0.2, 0.25) is 0 Å². The van der Waals surface area contributed by atoms with Gasteiger partial charge in [0, 0.05) is 10.8 Å². The lowest BCUT2D eigenvalue weighted by atomic mass is 10.1. The van der Waals surface area contributed by atoms with Crippen LogP contribution in [0.25, 0.3) is 27.5 Å². The van der Waals surface area contributed by atoms with Crippen molar-refractivity contribution >= 4 is 33.7 Å². The maximum absolute atomic E-state index is 11.9. The molecule has 0 saturated heterocycles. The lowest BCUT2D eigenvalue weighted by molar-refractivity contribution is 0.0678. The van der Waals surface area contributed by atoms with E-state index in [4.69, 9.17) is 4.74 Å². The van der Waals surface area contributed by atoms with Crippen LogP contribution in [0, 0.1) is 0 Å². The Kier molecular flexibility index (Phi) is 3.81. The molecule has 6 heteroatoms. The van der Waals surface area contributed by atoms with Gasteiger partial charge in [0.1, 0.15) is 11.3 Å². The molecular weight excluding hydrogens is 346 g/mol. The number of hydrogen-bond donors (Lipinski definition) is 2. The molecule has 0 saturated carbocycles. The van der Waals surface area contributed by atoms with Gasteiger partial charge in [0.25, 0.3) is 0 Å². The van der Waals surface area contributed by atoms with E-state index < -0.39 is 11.9 Å². The van der Waals surface area contributed by atoms with Crippen molar-refractivity contribution in [3.8, 4) is 11.4 Å². The minimum atomic E-state index is -1.19. The number of rotatable bonds is 4. The van der Waals surface area contributed by atoms with Crippen molar-refractivity contribution in [1.82, 2.24) is 4.57 Å². The summed E-state index contributed by atoms with van der Waals surface area (Å²) in [6.45, 7) is 0. The molecule has 0 fully saturated rings. The molecule has 0 aliphatic heterocycles. The van der Waals surface area contributed by atoms with Crippen molar-refractivity contribution in [3.05, 3.63) is 71.8 Å². The predicted octanol–water partition coefficient (Wildman–Crippen LogP) is 4.19. The largest absolute Gasteiger partial charge is 0.496 e. The highest BCUT2D eigenvalue weighted by molar-refractivity contribution is 6.10. The van der Waals surface area contributed by atoms with Gasteiger partial charge in [-0.2, -0.15) is 0 Å². The first-order chi connectivity index (χ1) is 13.0. The maximum Gasteiger partial charge on any atom is 0.339 e. The normalized spacial score (nSPS) is 11.0. The number of ether oxygens (including phenoxy) is 1. The second kappa shape index (κ2) is 6.17. The summed E-state index contributed by atoms with van der Waals surface area (Å²) in [7, 11) is 1.31. The van der Waals surface area contributed by atoms with Gasteiger partial charge in [-0.3, -0.25) is 0 Å². The molecule has 6 nitrogen and oxygen atoms in total. The first-order valence-electron chi connectivity index (χ1n) is 8.20. The number of hydrogen-bond acceptors (Lipinski definition) is 3. The fourth-order valence-electron chi connectivity index (χ4n) is 3.44. The number of methoxy groups -OCH3 is 1. The zero-order valence-corrected chi connectivity index (χ0v) is 14.3. The second-order valence-corrected chi connectivity index (χ2v) is 6.05. The average Bonchev–Trinajstić information content (AvgIpc) is 3.01. The highest BCUT2D eigenvalue weighted by atomic mass is 16.5. The molecule has 2 N–H and O–H groups in total. The van der Waals surface area contributed by atoms with Gasteiger partial charge in [0.05, 0.1) is 29.4 Å².